The summed E-state index contributed by atoms with van der Waals surface area (Å²) in [5.41, 5.74) is 0.805. The van der Waals surface area contributed by atoms with Gasteiger partial charge in [0, 0.05) is 5.69 Å². The molecule has 5 rings (SSSR count). The van der Waals surface area contributed by atoms with Crippen LogP contribution in [0.1, 0.15) is 51.9 Å². The van der Waals surface area contributed by atoms with Crippen LogP contribution >= 0.6 is 0 Å². The van der Waals surface area contributed by atoms with Gasteiger partial charge in [-0.05, 0) is 81.0 Å². The highest BCUT2D eigenvalue weighted by Crippen LogP contribution is 2.58. The fourth-order valence-electron chi connectivity index (χ4n) is 5.53. The first kappa shape index (κ1) is 15.0. The smallest absolute Gasteiger partial charge is 0.230 e. The zero-order chi connectivity index (χ0) is 15.9. The van der Waals surface area contributed by atoms with Crippen molar-refractivity contribution in [1.29, 1.82) is 0 Å². The van der Waals surface area contributed by atoms with Crippen LogP contribution in [0.3, 0.4) is 0 Å². The first-order chi connectivity index (χ1) is 11.2. The number of carbonyl (C=O) groups excluding carboxylic acids is 1. The zero-order valence-corrected chi connectivity index (χ0v) is 14.0. The van der Waals surface area contributed by atoms with E-state index in [0.29, 0.717) is 6.61 Å². The summed E-state index contributed by atoms with van der Waals surface area (Å²) in [7, 11) is 0. The van der Waals surface area contributed by atoms with E-state index in [9.17, 15) is 4.79 Å². The second-order valence-electron chi connectivity index (χ2n) is 7.95. The van der Waals surface area contributed by atoms with E-state index in [1.165, 1.54) is 25.7 Å². The van der Waals surface area contributed by atoms with Gasteiger partial charge in [0.25, 0.3) is 0 Å². The number of nitrogens with one attached hydrogen (secondary N) is 1. The molecule has 0 aromatic heterocycles. The molecule has 0 aliphatic heterocycles. The molecule has 0 saturated heterocycles. The molecule has 1 N–H and O–H groups in total. The zero-order valence-electron chi connectivity index (χ0n) is 14.0. The third-order valence-corrected chi connectivity index (χ3v) is 6.26. The Bertz CT molecular complexity index is 564. The van der Waals surface area contributed by atoms with Crippen LogP contribution in [0.25, 0.3) is 0 Å². The Morgan fingerprint density at radius 2 is 1.70 bits per heavy atom. The topological polar surface area (TPSA) is 38.3 Å². The number of benzene rings is 1. The monoisotopic (exact) mass is 313 g/mol. The number of hydrogen-bond acceptors (Lipinski definition) is 2. The van der Waals surface area contributed by atoms with Crippen molar-refractivity contribution in [2.24, 2.45) is 23.2 Å². The molecule has 0 heterocycles. The molecule has 4 bridgehead atoms. The number of amides is 1. The summed E-state index contributed by atoms with van der Waals surface area (Å²) in [6.07, 6.45) is 8.77. The van der Waals surface area contributed by atoms with Gasteiger partial charge in [-0.3, -0.25) is 4.79 Å². The fraction of sp³-hybridized carbons (Fsp3) is 0.650. The highest BCUT2D eigenvalue weighted by molar-refractivity contribution is 5.95. The normalized spacial score (nSPS) is 34.9. The molecule has 3 nitrogen and oxygen atoms in total. The average molecular weight is 313 g/mol. The highest BCUT2D eigenvalue weighted by Gasteiger charge is 2.52. The number of anilines is 1. The van der Waals surface area contributed by atoms with E-state index in [1.807, 2.05) is 31.2 Å². The summed E-state index contributed by atoms with van der Waals surface area (Å²) in [5.74, 6) is 3.49. The van der Waals surface area contributed by atoms with E-state index in [1.54, 1.807) is 0 Å². The molecule has 4 aliphatic rings. The van der Waals surface area contributed by atoms with Gasteiger partial charge in [-0.25, -0.2) is 0 Å². The van der Waals surface area contributed by atoms with E-state index in [-0.39, 0.29) is 11.3 Å². The molecule has 4 fully saturated rings. The van der Waals surface area contributed by atoms with Crippen LogP contribution in [0.4, 0.5) is 5.69 Å². The highest BCUT2D eigenvalue weighted by atomic mass is 16.5. The van der Waals surface area contributed by atoms with Crippen molar-refractivity contribution in [3.05, 3.63) is 24.3 Å². The Morgan fingerprint density at radius 1 is 1.09 bits per heavy atom. The predicted molar refractivity (Wildman–Crippen MR) is 91.5 cm³/mol. The number of fused-ring (bicyclic) bond motifs is 1. The van der Waals surface area contributed by atoms with E-state index in [4.69, 9.17) is 4.74 Å². The van der Waals surface area contributed by atoms with Gasteiger partial charge in [0.2, 0.25) is 5.91 Å². The molecule has 124 valence electrons. The molecule has 2 atom stereocenters. The first-order valence-electron chi connectivity index (χ1n) is 9.21. The number of carbonyl (C=O) groups is 1. The van der Waals surface area contributed by atoms with Gasteiger partial charge in [-0.1, -0.05) is 12.8 Å². The van der Waals surface area contributed by atoms with E-state index < -0.39 is 0 Å². The molecule has 1 aromatic carbocycles. The summed E-state index contributed by atoms with van der Waals surface area (Å²) in [6, 6.07) is 7.78. The van der Waals surface area contributed by atoms with Crippen LogP contribution in [0.15, 0.2) is 24.3 Å². The molecule has 4 aliphatic carbocycles. The van der Waals surface area contributed by atoms with Gasteiger partial charge in [0.15, 0.2) is 0 Å². The second-order valence-corrected chi connectivity index (χ2v) is 7.95. The van der Waals surface area contributed by atoms with Crippen LogP contribution in [0, 0.1) is 23.2 Å². The third-order valence-electron chi connectivity index (χ3n) is 6.26. The van der Waals surface area contributed by atoms with Crippen molar-refractivity contribution in [3.8, 4) is 5.75 Å². The summed E-state index contributed by atoms with van der Waals surface area (Å²) < 4.78 is 5.47. The number of ether oxygens (including phenoxy) is 1. The quantitative estimate of drug-likeness (QED) is 0.880. The summed E-state index contributed by atoms with van der Waals surface area (Å²) in [5, 5.41) is 3.20. The lowest BCUT2D eigenvalue weighted by molar-refractivity contribution is -0.132. The minimum atomic E-state index is -0.0917. The lowest BCUT2D eigenvalue weighted by Crippen LogP contribution is -2.45. The Kier molecular flexibility index (Phi) is 3.82. The lowest BCUT2D eigenvalue weighted by Gasteiger charge is -2.47. The lowest BCUT2D eigenvalue weighted by atomic mass is 9.58. The van der Waals surface area contributed by atoms with Crippen molar-refractivity contribution < 1.29 is 9.53 Å². The average Bonchev–Trinajstić information content (AvgIpc) is 2.75. The van der Waals surface area contributed by atoms with Crippen LogP contribution in [0.2, 0.25) is 0 Å². The SMILES string of the molecule is CCOc1ccc(NC(=O)C23CC4CCC(CC(C4)C2)C3)cc1. The molecule has 3 heteroatoms. The molecular weight excluding hydrogens is 286 g/mol. The molecule has 0 radical (unpaired) electrons. The van der Waals surface area contributed by atoms with E-state index in [0.717, 1.165) is 48.5 Å². The maximum atomic E-state index is 13.1. The molecule has 4 saturated carbocycles. The van der Waals surface area contributed by atoms with E-state index >= 15 is 0 Å². The van der Waals surface area contributed by atoms with Gasteiger partial charge in [0.1, 0.15) is 5.75 Å². The van der Waals surface area contributed by atoms with Gasteiger partial charge >= 0.3 is 0 Å². The summed E-state index contributed by atoms with van der Waals surface area (Å²) >= 11 is 0. The van der Waals surface area contributed by atoms with Crippen molar-refractivity contribution in [3.63, 3.8) is 0 Å². The first-order valence-corrected chi connectivity index (χ1v) is 9.21. The standard InChI is InChI=1S/C20H27NO2/c1-2-23-18-7-5-17(6-8-18)21-19(22)20-11-14-3-4-15(12-20)10-16(9-14)13-20/h5-8,14-16H,2-4,9-13H2,1H3,(H,21,22). The van der Waals surface area contributed by atoms with E-state index in [2.05, 4.69) is 5.32 Å². The summed E-state index contributed by atoms with van der Waals surface area (Å²) in [6.45, 7) is 2.64. The molecule has 1 aromatic rings. The van der Waals surface area contributed by atoms with Gasteiger partial charge in [0.05, 0.1) is 12.0 Å². The Labute approximate surface area is 138 Å². The number of hydrogen-bond donors (Lipinski definition) is 1. The van der Waals surface area contributed by atoms with Crippen molar-refractivity contribution in [2.45, 2.75) is 51.9 Å². The van der Waals surface area contributed by atoms with Crippen molar-refractivity contribution >= 4 is 11.6 Å². The predicted octanol–water partition coefficient (Wildman–Crippen LogP) is 4.63. The van der Waals surface area contributed by atoms with Crippen LogP contribution in [-0.2, 0) is 4.79 Å². The van der Waals surface area contributed by atoms with Crippen LogP contribution < -0.4 is 10.1 Å². The summed E-state index contributed by atoms with van der Waals surface area (Å²) in [4.78, 5) is 13.1. The maximum absolute atomic E-state index is 13.1. The van der Waals surface area contributed by atoms with Gasteiger partial charge < -0.3 is 10.1 Å². The Hall–Kier alpha value is -1.51. The van der Waals surface area contributed by atoms with Crippen molar-refractivity contribution in [1.82, 2.24) is 0 Å². The Balaban J connectivity index is 1.50. The molecule has 1 amide bonds. The molecular formula is C20H27NO2. The fourth-order valence-corrected chi connectivity index (χ4v) is 5.53. The minimum Gasteiger partial charge on any atom is -0.494 e. The molecule has 2 unspecified atom stereocenters. The molecule has 23 heavy (non-hydrogen) atoms. The van der Waals surface area contributed by atoms with Crippen molar-refractivity contribution in [2.75, 3.05) is 11.9 Å². The minimum absolute atomic E-state index is 0.0917. The maximum Gasteiger partial charge on any atom is 0.230 e. The van der Waals surface area contributed by atoms with Crippen LogP contribution in [-0.4, -0.2) is 12.5 Å². The third kappa shape index (κ3) is 2.86. The number of rotatable bonds is 4. The second kappa shape index (κ2) is 5.85. The molecule has 0 spiro atoms. The van der Waals surface area contributed by atoms with Crippen LogP contribution in [0.5, 0.6) is 5.75 Å². The Morgan fingerprint density at radius 3 is 2.30 bits per heavy atom. The van der Waals surface area contributed by atoms with Gasteiger partial charge in [-0.2, -0.15) is 0 Å². The largest absolute Gasteiger partial charge is 0.494 e. The van der Waals surface area contributed by atoms with Gasteiger partial charge in [-0.15, -0.1) is 0 Å².